The summed E-state index contributed by atoms with van der Waals surface area (Å²) in [6, 6.07) is 4.01. The fourth-order valence-corrected chi connectivity index (χ4v) is 1.45. The maximum atomic E-state index is 12.9. The molecule has 0 atom stereocenters. The Bertz CT molecular complexity index is 427. The minimum atomic E-state index is -4.44. The second-order valence-electron chi connectivity index (χ2n) is 4.11. The van der Waals surface area contributed by atoms with Gasteiger partial charge in [-0.15, -0.1) is 0 Å². The normalized spacial score (nSPS) is 11.4. The first kappa shape index (κ1) is 14.6. The molecule has 0 aliphatic carbocycles. The zero-order valence-corrected chi connectivity index (χ0v) is 10.2. The van der Waals surface area contributed by atoms with Gasteiger partial charge in [-0.05, 0) is 43.2 Å². The van der Waals surface area contributed by atoms with Crippen molar-refractivity contribution in [3.8, 4) is 5.75 Å². The van der Waals surface area contributed by atoms with Crippen molar-refractivity contribution in [2.75, 3.05) is 13.2 Å². The summed E-state index contributed by atoms with van der Waals surface area (Å²) in [7, 11) is 0. The molecule has 0 saturated carbocycles. The number of rotatable bonds is 5. The van der Waals surface area contributed by atoms with Gasteiger partial charge in [-0.25, -0.2) is 0 Å². The number of nitrogens with two attached hydrogens (primary N) is 1. The number of alkyl halides is 3. The first-order valence-corrected chi connectivity index (χ1v) is 5.52. The van der Waals surface area contributed by atoms with E-state index in [4.69, 9.17) is 10.5 Å². The lowest BCUT2D eigenvalue weighted by atomic mass is 10.1. The molecule has 1 aromatic carbocycles. The molecule has 2 N–H and O–H groups in total. The van der Waals surface area contributed by atoms with Gasteiger partial charge in [0.1, 0.15) is 12.4 Å². The summed E-state index contributed by atoms with van der Waals surface area (Å²) >= 11 is 0. The third kappa shape index (κ3) is 4.07. The molecule has 0 aromatic heterocycles. The fraction of sp³-hybridized carbons (Fsp3) is 0.385. The van der Waals surface area contributed by atoms with Crippen molar-refractivity contribution >= 4 is 0 Å². The highest BCUT2D eigenvalue weighted by atomic mass is 19.4. The highest BCUT2D eigenvalue weighted by molar-refractivity contribution is 5.39. The summed E-state index contributed by atoms with van der Waals surface area (Å²) in [6.45, 7) is 5.65. The van der Waals surface area contributed by atoms with Crippen molar-refractivity contribution in [2.24, 2.45) is 5.73 Å². The van der Waals surface area contributed by atoms with Crippen molar-refractivity contribution in [3.05, 3.63) is 41.5 Å². The van der Waals surface area contributed by atoms with Gasteiger partial charge in [0.25, 0.3) is 0 Å². The van der Waals surface area contributed by atoms with Gasteiger partial charge in [-0.2, -0.15) is 13.2 Å². The fourth-order valence-electron chi connectivity index (χ4n) is 1.45. The molecule has 0 unspecified atom stereocenters. The molecule has 100 valence electrons. The van der Waals surface area contributed by atoms with Crippen LogP contribution in [0.4, 0.5) is 13.2 Å². The third-order valence-electron chi connectivity index (χ3n) is 2.26. The van der Waals surface area contributed by atoms with Gasteiger partial charge < -0.3 is 10.5 Å². The van der Waals surface area contributed by atoms with Crippen LogP contribution in [0.15, 0.2) is 30.4 Å². The lowest BCUT2D eigenvalue weighted by molar-refractivity contribution is -0.138. The van der Waals surface area contributed by atoms with Crippen LogP contribution >= 0.6 is 0 Å². The van der Waals surface area contributed by atoms with E-state index in [2.05, 4.69) is 6.58 Å². The summed E-state index contributed by atoms with van der Waals surface area (Å²) in [5.74, 6) is -0.175. The van der Waals surface area contributed by atoms with E-state index in [0.717, 1.165) is 6.07 Å². The van der Waals surface area contributed by atoms with Gasteiger partial charge in [0.15, 0.2) is 0 Å². The monoisotopic (exact) mass is 259 g/mol. The van der Waals surface area contributed by atoms with Gasteiger partial charge >= 0.3 is 6.18 Å². The van der Waals surface area contributed by atoms with Gasteiger partial charge in [0.2, 0.25) is 0 Å². The largest absolute Gasteiger partial charge is 0.489 e. The predicted molar refractivity (Wildman–Crippen MR) is 64.5 cm³/mol. The maximum absolute atomic E-state index is 12.9. The molecule has 0 bridgehead atoms. The number of benzene rings is 1. The molecule has 2 nitrogen and oxygen atoms in total. The van der Waals surface area contributed by atoms with Crippen LogP contribution in [0.1, 0.15) is 18.1 Å². The number of hydrogen-bond acceptors (Lipinski definition) is 2. The smallest absolute Gasteiger partial charge is 0.419 e. The molecule has 0 amide bonds. The Hall–Kier alpha value is -1.49. The number of hydrogen-bond donors (Lipinski definition) is 1. The third-order valence-corrected chi connectivity index (χ3v) is 2.26. The maximum Gasteiger partial charge on any atom is 0.419 e. The average molecular weight is 259 g/mol. The van der Waals surface area contributed by atoms with Gasteiger partial charge in [-0.1, -0.05) is 12.6 Å². The van der Waals surface area contributed by atoms with E-state index in [9.17, 15) is 13.2 Å². The van der Waals surface area contributed by atoms with Crippen LogP contribution in [0.5, 0.6) is 5.75 Å². The minimum absolute atomic E-state index is 0.0688. The van der Waals surface area contributed by atoms with Crippen LogP contribution in [0.25, 0.3) is 0 Å². The SMILES string of the molecule is C=C(C)COc1ccc(CCN)cc1C(F)(F)F. The molecule has 0 aliphatic heterocycles. The summed E-state index contributed by atoms with van der Waals surface area (Å²) in [5, 5.41) is 0. The lowest BCUT2D eigenvalue weighted by Crippen LogP contribution is -2.11. The Morgan fingerprint density at radius 2 is 2.06 bits per heavy atom. The summed E-state index contributed by atoms with van der Waals surface area (Å²) in [6.07, 6.45) is -4.03. The molecule has 0 fully saturated rings. The molecule has 0 saturated heterocycles. The summed E-state index contributed by atoms with van der Waals surface area (Å²) < 4.78 is 43.7. The predicted octanol–water partition coefficient (Wildman–Crippen LogP) is 3.16. The van der Waals surface area contributed by atoms with Gasteiger partial charge in [-0.3, -0.25) is 0 Å². The van der Waals surface area contributed by atoms with Gasteiger partial charge in [0.05, 0.1) is 5.56 Å². The topological polar surface area (TPSA) is 35.2 Å². The van der Waals surface area contributed by atoms with E-state index < -0.39 is 11.7 Å². The molecule has 1 aromatic rings. The minimum Gasteiger partial charge on any atom is -0.489 e. The van der Waals surface area contributed by atoms with E-state index >= 15 is 0 Å². The molecule has 5 heteroatoms. The van der Waals surface area contributed by atoms with Crippen molar-refractivity contribution < 1.29 is 17.9 Å². The highest BCUT2D eigenvalue weighted by Gasteiger charge is 2.34. The van der Waals surface area contributed by atoms with Crippen molar-refractivity contribution in [3.63, 3.8) is 0 Å². The van der Waals surface area contributed by atoms with Crippen LogP contribution in [-0.4, -0.2) is 13.2 Å². The Morgan fingerprint density at radius 3 is 2.56 bits per heavy atom. The molecule has 0 heterocycles. The molecule has 18 heavy (non-hydrogen) atoms. The second-order valence-corrected chi connectivity index (χ2v) is 4.11. The molecule has 0 spiro atoms. The van der Waals surface area contributed by atoms with Crippen LogP contribution in [-0.2, 0) is 12.6 Å². The molecule has 1 rings (SSSR count). The Balaban J connectivity index is 3.05. The number of halogens is 3. The Kier molecular flexibility index (Phi) is 4.78. The van der Waals surface area contributed by atoms with Gasteiger partial charge in [0, 0.05) is 0 Å². The zero-order chi connectivity index (χ0) is 13.8. The molecular weight excluding hydrogens is 243 g/mol. The van der Waals surface area contributed by atoms with Crippen LogP contribution in [0, 0.1) is 0 Å². The van der Waals surface area contributed by atoms with E-state index in [1.54, 1.807) is 13.0 Å². The van der Waals surface area contributed by atoms with Crippen LogP contribution in [0.2, 0.25) is 0 Å². The van der Waals surface area contributed by atoms with E-state index in [0.29, 0.717) is 24.1 Å². The first-order chi connectivity index (χ1) is 8.34. The summed E-state index contributed by atoms with van der Waals surface area (Å²) in [4.78, 5) is 0. The van der Waals surface area contributed by atoms with E-state index in [1.165, 1.54) is 6.07 Å². The van der Waals surface area contributed by atoms with Crippen LogP contribution < -0.4 is 10.5 Å². The van der Waals surface area contributed by atoms with Crippen molar-refractivity contribution in [1.29, 1.82) is 0 Å². The number of ether oxygens (including phenoxy) is 1. The van der Waals surface area contributed by atoms with Crippen LogP contribution in [0.3, 0.4) is 0 Å². The van der Waals surface area contributed by atoms with Crippen molar-refractivity contribution in [2.45, 2.75) is 19.5 Å². The molecule has 0 aliphatic rings. The van der Waals surface area contributed by atoms with Crippen molar-refractivity contribution in [1.82, 2.24) is 0 Å². The first-order valence-electron chi connectivity index (χ1n) is 5.52. The van der Waals surface area contributed by atoms with E-state index in [-0.39, 0.29) is 12.4 Å². The Morgan fingerprint density at radius 1 is 1.39 bits per heavy atom. The average Bonchev–Trinajstić information content (AvgIpc) is 2.26. The standard InChI is InChI=1S/C13H16F3NO/c1-9(2)8-18-12-4-3-10(5-6-17)7-11(12)13(14,15)16/h3-4,7H,1,5-6,8,17H2,2H3. The second kappa shape index (κ2) is 5.91. The zero-order valence-electron chi connectivity index (χ0n) is 10.2. The Labute approximate surface area is 104 Å². The van der Waals surface area contributed by atoms with E-state index in [1.807, 2.05) is 0 Å². The molecular formula is C13H16F3NO. The summed E-state index contributed by atoms with van der Waals surface area (Å²) in [5.41, 5.74) is 5.77. The lowest BCUT2D eigenvalue weighted by Gasteiger charge is -2.15. The highest BCUT2D eigenvalue weighted by Crippen LogP contribution is 2.37. The molecule has 0 radical (unpaired) electrons. The quantitative estimate of drug-likeness (QED) is 0.824.